The molecule has 0 aromatic heterocycles. The molecule has 0 radical (unpaired) electrons. The molecule has 8 unspecified atom stereocenters. The summed E-state index contributed by atoms with van der Waals surface area (Å²) in [5.74, 6) is -3.89. The van der Waals surface area contributed by atoms with Crippen molar-refractivity contribution in [3.8, 4) is 0 Å². The van der Waals surface area contributed by atoms with Crippen LogP contribution in [0.5, 0.6) is 0 Å². The van der Waals surface area contributed by atoms with E-state index in [2.05, 4.69) is 65.1 Å². The fourth-order valence-electron chi connectivity index (χ4n) is 16.6. The maximum Gasteiger partial charge on any atom is 0.327 e. The lowest BCUT2D eigenvalue weighted by Crippen LogP contribution is -2.64. The fraction of sp³-hybridized carbons (Fsp3) is 0.804. The van der Waals surface area contributed by atoms with E-state index < -0.39 is 167 Å². The first kappa shape index (κ1) is 128. The van der Waals surface area contributed by atoms with Crippen molar-refractivity contribution in [2.45, 2.75) is 355 Å². The van der Waals surface area contributed by atoms with Crippen molar-refractivity contribution < 1.29 is 174 Å². The molecular formula is C97H167N12O36P. The maximum atomic E-state index is 14.2. The molecule has 0 spiro atoms. The number of aliphatic hydroxyl groups is 9. The Labute approximate surface area is 855 Å². The van der Waals surface area contributed by atoms with Crippen LogP contribution in [0.1, 0.15) is 239 Å². The molecule has 19 atom stereocenters. The number of aliphatic hydroxyl groups excluding tert-OH is 9. The molecule has 4 fully saturated rings. The van der Waals surface area contributed by atoms with Gasteiger partial charge in [-0.3, -0.25) is 66.9 Å². The van der Waals surface area contributed by atoms with Crippen molar-refractivity contribution in [2.75, 3.05) is 146 Å². The third-order valence-corrected chi connectivity index (χ3v) is 26.1. The molecule has 836 valence electrons. The van der Waals surface area contributed by atoms with Gasteiger partial charge in [0.1, 0.15) is 108 Å². The topological polar surface area (TPSA) is 677 Å². The molecule has 0 aromatic carbocycles. The van der Waals surface area contributed by atoms with Crippen LogP contribution in [0.2, 0.25) is 0 Å². The minimum Gasteiger partial charge on any atom is -0.394 e. The molecule has 146 heavy (non-hydrogen) atoms. The fourth-order valence-corrected chi connectivity index (χ4v) is 17.4. The van der Waals surface area contributed by atoms with E-state index in [-0.39, 0.29) is 221 Å². The highest BCUT2D eigenvalue weighted by molar-refractivity contribution is 7.52. The molecule has 0 aromatic rings. The quantitative estimate of drug-likeness (QED) is 0.0206. The van der Waals surface area contributed by atoms with Gasteiger partial charge in [0.15, 0.2) is 18.9 Å². The van der Waals surface area contributed by atoms with Gasteiger partial charge in [-0.2, -0.15) is 0 Å². The van der Waals surface area contributed by atoms with E-state index in [9.17, 15) is 113 Å². The van der Waals surface area contributed by atoms with Crippen LogP contribution in [0.4, 0.5) is 0 Å². The van der Waals surface area contributed by atoms with Crippen LogP contribution < -0.4 is 58.5 Å². The summed E-state index contributed by atoms with van der Waals surface area (Å²) in [6.45, 7) is 7.90. The van der Waals surface area contributed by atoms with E-state index in [1.165, 1.54) is 60.0 Å². The van der Waals surface area contributed by atoms with Gasteiger partial charge in [-0.05, 0) is 96.0 Å². The van der Waals surface area contributed by atoms with Crippen LogP contribution in [-0.2, 0) is 128 Å². The number of hydrogen-bond donors (Lipinski definition) is 20. The minimum absolute atomic E-state index is 0.0124. The Morgan fingerprint density at radius 2 is 0.774 bits per heavy atom. The van der Waals surface area contributed by atoms with Crippen molar-refractivity contribution in [1.29, 1.82) is 0 Å². The Morgan fingerprint density at radius 1 is 0.438 bits per heavy atom. The van der Waals surface area contributed by atoms with Gasteiger partial charge in [0.25, 0.3) is 5.91 Å². The number of unbranched alkanes of at least 4 members (excludes halogenated alkanes) is 15. The Bertz CT molecular complexity index is 3790. The summed E-state index contributed by atoms with van der Waals surface area (Å²) in [5, 5.41) is 122. The van der Waals surface area contributed by atoms with Gasteiger partial charge in [0.05, 0.1) is 77.7 Å². The Hall–Kier alpha value is -8.12. The van der Waals surface area contributed by atoms with Crippen LogP contribution in [0, 0.1) is 0 Å². The van der Waals surface area contributed by atoms with Crippen molar-refractivity contribution in [2.24, 2.45) is 0 Å². The van der Waals surface area contributed by atoms with Crippen LogP contribution in [0.15, 0.2) is 36.3 Å². The van der Waals surface area contributed by atoms with Crippen LogP contribution in [-0.4, -0.2) is 389 Å². The van der Waals surface area contributed by atoms with Crippen LogP contribution >= 0.6 is 7.60 Å². The number of amides is 11. The van der Waals surface area contributed by atoms with Gasteiger partial charge < -0.3 is 170 Å². The van der Waals surface area contributed by atoms with E-state index in [0.717, 1.165) is 77.0 Å². The zero-order valence-corrected chi connectivity index (χ0v) is 86.6. The summed E-state index contributed by atoms with van der Waals surface area (Å²) in [7, 11) is -0.568. The lowest BCUT2D eigenvalue weighted by Gasteiger charge is -2.42. The van der Waals surface area contributed by atoms with E-state index in [1.54, 1.807) is 4.90 Å². The molecule has 5 aliphatic rings. The second-order valence-electron chi connectivity index (χ2n) is 37.3. The molecule has 5 heterocycles. The largest absolute Gasteiger partial charge is 0.394 e. The van der Waals surface area contributed by atoms with Crippen LogP contribution in [0.25, 0.3) is 0 Å². The van der Waals surface area contributed by atoms with Gasteiger partial charge in [0, 0.05) is 184 Å². The summed E-state index contributed by atoms with van der Waals surface area (Å²) in [6.07, 6.45) is 3.09. The minimum atomic E-state index is -3.37. The number of ketones is 2. The molecule has 4 saturated heterocycles. The van der Waals surface area contributed by atoms with Gasteiger partial charge in [0.2, 0.25) is 59.1 Å². The van der Waals surface area contributed by atoms with Gasteiger partial charge in [-0.1, -0.05) is 64.4 Å². The van der Waals surface area contributed by atoms with Gasteiger partial charge in [-0.25, -0.2) is 0 Å². The number of ether oxygens (including phenoxy) is 11. The normalized spacial score (nSPS) is 24.4. The third-order valence-electron chi connectivity index (χ3n) is 24.8. The van der Waals surface area contributed by atoms with Gasteiger partial charge in [-0.15, -0.1) is 0 Å². The average molecular weight is 2110 g/mol. The van der Waals surface area contributed by atoms with Gasteiger partial charge >= 0.3 is 7.60 Å². The first-order valence-electron chi connectivity index (χ1n) is 51.3. The number of nitrogens with one attached hydrogen (secondary N) is 11. The lowest BCUT2D eigenvalue weighted by molar-refractivity contribution is -0.270. The highest BCUT2D eigenvalue weighted by Crippen LogP contribution is 2.47. The molecule has 20 N–H and O–H groups in total. The van der Waals surface area contributed by atoms with Crippen LogP contribution in [0.3, 0.4) is 0 Å². The zero-order valence-electron chi connectivity index (χ0n) is 85.8. The zero-order chi connectivity index (χ0) is 107. The highest BCUT2D eigenvalue weighted by Gasteiger charge is 2.49. The number of methoxy groups -OCH3 is 1. The summed E-state index contributed by atoms with van der Waals surface area (Å²) in [5.41, 5.74) is -1.26. The first-order chi connectivity index (χ1) is 70.0. The van der Waals surface area contributed by atoms with E-state index in [4.69, 9.17) is 61.2 Å². The van der Waals surface area contributed by atoms with Crippen molar-refractivity contribution in [1.82, 2.24) is 63.4 Å². The standard InChI is InChI=1S/C97H167N12O36P/c1-64-104-93(131)68(56-109(64)83-55-71(75(141-83)60-133-5)145-146(7,132)134-6)38-39-78(120)98-43-24-16-12-14-18-32-69(116)31-17-13-10-8-9-11-15-19-37-82(124)108-97(61-135-52-40-79(121)99-44-25-20-33-70(117)34-21-26-49-138-94-84(105-65(2)113)90(128)87(125)72(57-110)142-94,62-136-53-41-80(122)102-47-29-45-100-76(118)35-22-27-50-139-95-85(106-66(3)114)91(129)88(126)73(58-111)143-95)63-137-54-42-81(123)103-48-30-46-101-77(119)36-23-28-51-140-96-86(107-67(4)115)92(130)89(127)74(59-112)144-96/h38-39,56,71-75,83-92,94-96,110-112,125-130H,1,8-37,40-55,57-63H2,2-7H3,(H,98,120)(H,99,121)(H,100,118)(H,101,119)(H,102,122)(H,103,123)(H,104,131)(H,105,113)(H,106,114)(H,107,115)(H,108,124)/b39-38+/t71?,72?,73?,74?,75-,83-,84?,85?,86?,87+,88+,89+,90-,91-,92-,94-,95-,96-,97?,146?/m1/s1. The number of hydrogen-bond acceptors (Lipinski definition) is 37. The molecule has 5 rings (SSSR count). The lowest BCUT2D eigenvalue weighted by atomic mass is 9.97. The Balaban J connectivity index is 1.09. The summed E-state index contributed by atoms with van der Waals surface area (Å²) < 4.78 is 87.3. The summed E-state index contributed by atoms with van der Waals surface area (Å²) in [6, 6.07) is -3.31. The smallest absolute Gasteiger partial charge is 0.327 e. The molecular weight excluding hydrogens is 1940 g/mol. The molecule has 48 nitrogen and oxygen atoms in total. The third kappa shape index (κ3) is 51.6. The summed E-state index contributed by atoms with van der Waals surface area (Å²) in [4.78, 5) is 168. The number of rotatable bonds is 80. The van der Waals surface area contributed by atoms with Crippen molar-refractivity contribution in [3.63, 3.8) is 0 Å². The first-order valence-corrected chi connectivity index (χ1v) is 53.3. The van der Waals surface area contributed by atoms with Crippen molar-refractivity contribution >= 4 is 84.1 Å². The predicted octanol–water partition coefficient (Wildman–Crippen LogP) is -0.560. The summed E-state index contributed by atoms with van der Waals surface area (Å²) >= 11 is 0. The molecule has 11 amide bonds. The maximum absolute atomic E-state index is 14.2. The Morgan fingerprint density at radius 3 is 1.16 bits per heavy atom. The number of nitrogens with zero attached hydrogens (tertiary/aromatic N) is 1. The number of carbonyl (C=O) groups excluding carboxylic acids is 13. The second kappa shape index (κ2) is 73.1. The Kier molecular flexibility index (Phi) is 64.3. The molecule has 5 aliphatic heterocycles. The average Bonchev–Trinajstić information content (AvgIpc) is 1.75. The van der Waals surface area contributed by atoms with E-state index in [0.29, 0.717) is 90.0 Å². The second-order valence-corrected chi connectivity index (χ2v) is 39.4. The molecule has 0 aliphatic carbocycles. The SMILES string of the molecule is C=C1NC(=O)C(/C=C/C(=O)NCCCCCCCC(=O)CCCCCCCCCCC(=O)NC(COCCC(=O)NCCCCC(=O)CCCCO[C@@H]2OC(CO)[C@H](O)[C@H](O)C2NC(C)=O)(COCCC(=O)NCCCNC(=O)CCCCO[C@@H]2OC(CO)[C@H](O)[C@H](O)C2NC(C)=O)COCCC(=O)NCCCNC(=O)CCCCO[C@@H]2OC(CO)[C@H](O)[C@H](O)C2NC(C)=O)=CN1[C@H]1CC(OP(C)(=O)OC)[C@@H](COC)O1. The van der Waals surface area contributed by atoms with E-state index >= 15 is 0 Å². The number of carbonyl (C=O) groups is 13. The monoisotopic (exact) mass is 2110 g/mol. The molecule has 49 heteroatoms. The predicted molar refractivity (Wildman–Crippen MR) is 525 cm³/mol. The van der Waals surface area contributed by atoms with E-state index in [1.807, 2.05) is 0 Å². The highest BCUT2D eigenvalue weighted by atomic mass is 31.2. The number of Topliss-reactive ketones (excluding diaryl/α,β-unsaturated/α-hetero) is 2. The molecule has 0 bridgehead atoms. The van der Waals surface area contributed by atoms with Crippen molar-refractivity contribution in [3.05, 3.63) is 36.3 Å². The molecule has 0 saturated carbocycles.